The molecule has 0 heterocycles. The number of ether oxygens (including phenoxy) is 1. The summed E-state index contributed by atoms with van der Waals surface area (Å²) < 4.78 is 6.22. The molecule has 0 bridgehead atoms. The van der Waals surface area contributed by atoms with Crippen molar-refractivity contribution < 1.29 is 14.3 Å². The smallest absolute Gasteiger partial charge is 0.264 e. The van der Waals surface area contributed by atoms with Crippen molar-refractivity contribution in [2.75, 3.05) is 11.9 Å². The van der Waals surface area contributed by atoms with Crippen LogP contribution in [0.3, 0.4) is 0 Å². The number of carbonyl (C=O) groups is 2. The van der Waals surface area contributed by atoms with Gasteiger partial charge in [0.15, 0.2) is 11.7 Å². The predicted octanol–water partition coefficient (Wildman–Crippen LogP) is 2.75. The predicted molar refractivity (Wildman–Crippen MR) is 104 cm³/mol. The lowest BCUT2D eigenvalue weighted by molar-refractivity contribution is -0.121. The van der Waals surface area contributed by atoms with Crippen LogP contribution in [0.1, 0.15) is 15.9 Å². The lowest BCUT2D eigenvalue weighted by atomic mass is 10.2. The van der Waals surface area contributed by atoms with E-state index >= 15 is 0 Å². The molecule has 2 aromatic rings. The molecule has 2 rings (SSSR count). The van der Waals surface area contributed by atoms with Gasteiger partial charge in [0.05, 0.1) is 4.47 Å². The number of primary amides is 1. The molecule has 0 fully saturated rings. The summed E-state index contributed by atoms with van der Waals surface area (Å²) in [5, 5.41) is 5.48. The summed E-state index contributed by atoms with van der Waals surface area (Å²) in [6, 6.07) is 12.0. The van der Waals surface area contributed by atoms with E-state index in [-0.39, 0.29) is 11.7 Å². The van der Waals surface area contributed by atoms with E-state index in [1.165, 1.54) is 0 Å². The topological polar surface area (TPSA) is 93.4 Å². The number of benzene rings is 2. The average molecular weight is 422 g/mol. The third-order valence-corrected chi connectivity index (χ3v) is 3.95. The highest BCUT2D eigenvalue weighted by molar-refractivity contribution is 9.10. The normalized spacial score (nSPS) is 10.0. The van der Waals surface area contributed by atoms with E-state index in [2.05, 4.69) is 26.6 Å². The molecule has 0 aliphatic carbocycles. The highest BCUT2D eigenvalue weighted by Crippen LogP contribution is 2.25. The van der Waals surface area contributed by atoms with Gasteiger partial charge in [0.1, 0.15) is 5.75 Å². The summed E-state index contributed by atoms with van der Waals surface area (Å²) in [5.74, 6) is -0.331. The molecule has 130 valence electrons. The van der Waals surface area contributed by atoms with Crippen molar-refractivity contribution in [1.29, 1.82) is 0 Å². The van der Waals surface area contributed by atoms with Crippen LogP contribution in [0.5, 0.6) is 5.75 Å². The molecule has 0 aromatic heterocycles. The first-order chi connectivity index (χ1) is 11.8. The van der Waals surface area contributed by atoms with Gasteiger partial charge in [0, 0.05) is 11.3 Å². The number of rotatable bonds is 5. The van der Waals surface area contributed by atoms with E-state index in [4.69, 9.17) is 22.7 Å². The van der Waals surface area contributed by atoms with Crippen LogP contribution in [0.15, 0.2) is 46.9 Å². The molecular formula is C17H16BrN3O3S. The minimum Gasteiger partial charge on any atom is -0.483 e. The number of thiocarbonyl (C=S) groups is 1. The van der Waals surface area contributed by atoms with Crippen molar-refractivity contribution >= 4 is 50.8 Å². The summed E-state index contributed by atoms with van der Waals surface area (Å²) >= 11 is 8.45. The van der Waals surface area contributed by atoms with Crippen LogP contribution in [0.2, 0.25) is 0 Å². The van der Waals surface area contributed by atoms with Gasteiger partial charge in [-0.25, -0.2) is 0 Å². The van der Waals surface area contributed by atoms with E-state index in [1.807, 2.05) is 19.1 Å². The van der Waals surface area contributed by atoms with Crippen LogP contribution in [0, 0.1) is 6.92 Å². The maximum absolute atomic E-state index is 11.9. The van der Waals surface area contributed by atoms with Crippen molar-refractivity contribution in [2.24, 2.45) is 5.73 Å². The summed E-state index contributed by atoms with van der Waals surface area (Å²) in [5.41, 5.74) is 7.26. The highest BCUT2D eigenvalue weighted by Gasteiger charge is 2.08. The molecule has 0 saturated carbocycles. The molecule has 0 aliphatic heterocycles. The average Bonchev–Trinajstić information content (AvgIpc) is 2.54. The molecule has 0 spiro atoms. The Morgan fingerprint density at radius 1 is 1.20 bits per heavy atom. The first-order valence-corrected chi connectivity index (χ1v) is 8.45. The fourth-order valence-electron chi connectivity index (χ4n) is 1.91. The molecule has 25 heavy (non-hydrogen) atoms. The molecule has 6 nitrogen and oxygen atoms in total. The lowest BCUT2D eigenvalue weighted by Crippen LogP contribution is -2.37. The molecule has 0 atom stereocenters. The van der Waals surface area contributed by atoms with Gasteiger partial charge in [-0.1, -0.05) is 6.07 Å². The summed E-state index contributed by atoms with van der Waals surface area (Å²) in [4.78, 5) is 22.9. The number of hydrogen-bond acceptors (Lipinski definition) is 4. The van der Waals surface area contributed by atoms with E-state index < -0.39 is 11.8 Å². The number of amides is 2. The zero-order valence-electron chi connectivity index (χ0n) is 13.3. The molecule has 4 N–H and O–H groups in total. The van der Waals surface area contributed by atoms with E-state index in [0.717, 1.165) is 10.0 Å². The van der Waals surface area contributed by atoms with Gasteiger partial charge in [-0.15, -0.1) is 0 Å². The van der Waals surface area contributed by atoms with Gasteiger partial charge >= 0.3 is 0 Å². The van der Waals surface area contributed by atoms with Gasteiger partial charge in [-0.3, -0.25) is 14.9 Å². The Bertz CT molecular complexity index is 809. The Kier molecular flexibility index (Phi) is 6.49. The van der Waals surface area contributed by atoms with Crippen LogP contribution < -0.4 is 21.1 Å². The third kappa shape index (κ3) is 5.84. The van der Waals surface area contributed by atoms with Gasteiger partial charge < -0.3 is 15.8 Å². The number of hydrogen-bond donors (Lipinski definition) is 3. The minimum absolute atomic E-state index is 0.128. The standard InChI is InChI=1S/C17H16BrN3O3S/c1-10-2-7-14(13(18)8-10)24-9-15(22)21-17(25)20-12-5-3-11(4-6-12)16(19)23/h2-8H,9H2,1H3,(H2,19,23)(H2,20,21,22,25). The van der Waals surface area contributed by atoms with Gasteiger partial charge in [-0.05, 0) is 77.0 Å². The van der Waals surface area contributed by atoms with Crippen LogP contribution >= 0.6 is 28.1 Å². The third-order valence-electron chi connectivity index (χ3n) is 3.13. The summed E-state index contributed by atoms with van der Waals surface area (Å²) in [6.07, 6.45) is 0. The molecule has 0 aliphatic rings. The first-order valence-electron chi connectivity index (χ1n) is 7.25. The molecule has 0 saturated heterocycles. The van der Waals surface area contributed by atoms with Gasteiger partial charge in [-0.2, -0.15) is 0 Å². The Hall–Kier alpha value is -2.45. The SMILES string of the molecule is Cc1ccc(OCC(=O)NC(=S)Nc2ccc(C(N)=O)cc2)c(Br)c1. The maximum atomic E-state index is 11.9. The van der Waals surface area contributed by atoms with Crippen LogP contribution in [0.4, 0.5) is 5.69 Å². The largest absolute Gasteiger partial charge is 0.483 e. The fourth-order valence-corrected chi connectivity index (χ4v) is 2.75. The zero-order chi connectivity index (χ0) is 18.4. The van der Waals surface area contributed by atoms with Gasteiger partial charge in [0.25, 0.3) is 5.91 Å². The van der Waals surface area contributed by atoms with Crippen LogP contribution in [-0.2, 0) is 4.79 Å². The fraction of sp³-hybridized carbons (Fsp3) is 0.118. The summed E-state index contributed by atoms with van der Waals surface area (Å²) in [7, 11) is 0. The lowest BCUT2D eigenvalue weighted by Gasteiger charge is -2.11. The minimum atomic E-state index is -0.512. The van der Waals surface area contributed by atoms with E-state index in [9.17, 15) is 9.59 Å². The molecule has 0 radical (unpaired) electrons. The Morgan fingerprint density at radius 3 is 2.48 bits per heavy atom. The molecule has 2 aromatic carbocycles. The monoisotopic (exact) mass is 421 g/mol. The number of aryl methyl sites for hydroxylation is 1. The van der Waals surface area contributed by atoms with Crippen molar-refractivity contribution in [2.45, 2.75) is 6.92 Å². The Balaban J connectivity index is 1.83. The van der Waals surface area contributed by atoms with Crippen molar-refractivity contribution in [3.8, 4) is 5.75 Å². The second-order valence-corrected chi connectivity index (χ2v) is 6.43. The molecule has 2 amide bonds. The zero-order valence-corrected chi connectivity index (χ0v) is 15.7. The second-order valence-electron chi connectivity index (χ2n) is 5.17. The molecular weight excluding hydrogens is 406 g/mol. The number of halogens is 1. The highest BCUT2D eigenvalue weighted by atomic mass is 79.9. The van der Waals surface area contributed by atoms with E-state index in [1.54, 1.807) is 30.3 Å². The summed E-state index contributed by atoms with van der Waals surface area (Å²) in [6.45, 7) is 1.78. The Labute approximate surface area is 158 Å². The molecule has 8 heteroatoms. The van der Waals surface area contributed by atoms with E-state index in [0.29, 0.717) is 17.0 Å². The quantitative estimate of drug-likeness (QED) is 0.645. The number of nitrogens with one attached hydrogen (secondary N) is 2. The number of anilines is 1. The Morgan fingerprint density at radius 2 is 1.88 bits per heavy atom. The van der Waals surface area contributed by atoms with Crippen molar-refractivity contribution in [3.63, 3.8) is 0 Å². The van der Waals surface area contributed by atoms with Gasteiger partial charge in [0.2, 0.25) is 5.91 Å². The maximum Gasteiger partial charge on any atom is 0.264 e. The van der Waals surface area contributed by atoms with Crippen LogP contribution in [-0.4, -0.2) is 23.5 Å². The number of carbonyl (C=O) groups excluding carboxylic acids is 2. The second kappa shape index (κ2) is 8.59. The first kappa shape index (κ1) is 18.9. The van der Waals surface area contributed by atoms with Crippen LogP contribution in [0.25, 0.3) is 0 Å². The van der Waals surface area contributed by atoms with Crippen molar-refractivity contribution in [3.05, 3.63) is 58.1 Å². The molecule has 0 unspecified atom stereocenters. The number of nitrogens with two attached hydrogens (primary N) is 1. The van der Waals surface area contributed by atoms with Crippen molar-refractivity contribution in [1.82, 2.24) is 5.32 Å².